The van der Waals surface area contributed by atoms with E-state index in [1.54, 1.807) is 19.9 Å². The van der Waals surface area contributed by atoms with Gasteiger partial charge in [0.1, 0.15) is 0 Å². The first-order valence-corrected chi connectivity index (χ1v) is 6.73. The summed E-state index contributed by atoms with van der Waals surface area (Å²) in [7, 11) is -2.01. The molecular weight excluding hydrogens is 240 g/mol. The van der Waals surface area contributed by atoms with Gasteiger partial charge in [-0.3, -0.25) is 4.79 Å². The second-order valence-electron chi connectivity index (χ2n) is 3.56. The monoisotopic (exact) mass is 256 g/mol. The highest BCUT2D eigenvalue weighted by molar-refractivity contribution is 7.89. The van der Waals surface area contributed by atoms with Gasteiger partial charge in [0.05, 0.1) is 4.90 Å². The molecule has 0 saturated carbocycles. The number of rotatable bonds is 4. The molecule has 0 heterocycles. The molecule has 1 rings (SSSR count). The van der Waals surface area contributed by atoms with Gasteiger partial charge in [-0.25, -0.2) is 13.1 Å². The van der Waals surface area contributed by atoms with Gasteiger partial charge in [0.15, 0.2) is 0 Å². The standard InChI is InChI=1S/C11H16N2O3S/c1-4-13-17(15,16)9-6-5-8(2)10(7-9)11(14)12-3/h5-7,13H,4H2,1-3H3,(H,12,14). The third-order valence-electron chi connectivity index (χ3n) is 2.33. The molecule has 2 N–H and O–H groups in total. The second-order valence-corrected chi connectivity index (χ2v) is 5.32. The lowest BCUT2D eigenvalue weighted by atomic mass is 10.1. The van der Waals surface area contributed by atoms with Crippen molar-refractivity contribution in [3.05, 3.63) is 29.3 Å². The minimum atomic E-state index is -3.52. The minimum absolute atomic E-state index is 0.101. The van der Waals surface area contributed by atoms with Crippen LogP contribution in [-0.4, -0.2) is 27.9 Å². The first-order valence-electron chi connectivity index (χ1n) is 5.24. The van der Waals surface area contributed by atoms with Crippen molar-refractivity contribution >= 4 is 15.9 Å². The summed E-state index contributed by atoms with van der Waals surface area (Å²) >= 11 is 0. The molecule has 17 heavy (non-hydrogen) atoms. The molecule has 0 aliphatic carbocycles. The molecule has 0 bridgehead atoms. The summed E-state index contributed by atoms with van der Waals surface area (Å²) < 4.78 is 25.9. The Labute approximate surface area is 101 Å². The number of amides is 1. The molecular formula is C11H16N2O3S. The predicted molar refractivity (Wildman–Crippen MR) is 65.4 cm³/mol. The zero-order valence-corrected chi connectivity index (χ0v) is 10.9. The summed E-state index contributed by atoms with van der Waals surface area (Å²) in [5, 5.41) is 2.48. The number of sulfonamides is 1. The van der Waals surface area contributed by atoms with Crippen molar-refractivity contribution < 1.29 is 13.2 Å². The van der Waals surface area contributed by atoms with Crippen molar-refractivity contribution in [3.63, 3.8) is 0 Å². The summed E-state index contributed by atoms with van der Waals surface area (Å²) in [5.41, 5.74) is 1.10. The van der Waals surface area contributed by atoms with E-state index in [-0.39, 0.29) is 10.8 Å². The van der Waals surface area contributed by atoms with E-state index < -0.39 is 10.0 Å². The largest absolute Gasteiger partial charge is 0.355 e. The fraction of sp³-hybridized carbons (Fsp3) is 0.364. The van der Waals surface area contributed by atoms with Crippen LogP contribution in [0.5, 0.6) is 0 Å². The van der Waals surface area contributed by atoms with E-state index in [9.17, 15) is 13.2 Å². The molecule has 0 unspecified atom stereocenters. The fourth-order valence-corrected chi connectivity index (χ4v) is 2.49. The van der Waals surface area contributed by atoms with Crippen LogP contribution >= 0.6 is 0 Å². The average molecular weight is 256 g/mol. The van der Waals surface area contributed by atoms with Crippen LogP contribution in [0.15, 0.2) is 23.1 Å². The summed E-state index contributed by atoms with van der Waals surface area (Å²) in [5.74, 6) is -0.295. The quantitative estimate of drug-likeness (QED) is 0.830. The Morgan fingerprint density at radius 2 is 2.00 bits per heavy atom. The van der Waals surface area contributed by atoms with E-state index in [2.05, 4.69) is 10.0 Å². The lowest BCUT2D eigenvalue weighted by Gasteiger charge is -2.08. The highest BCUT2D eigenvalue weighted by atomic mass is 32.2. The third-order valence-corrected chi connectivity index (χ3v) is 3.87. The summed E-state index contributed by atoms with van der Waals surface area (Å²) in [4.78, 5) is 11.6. The smallest absolute Gasteiger partial charge is 0.251 e. The topological polar surface area (TPSA) is 75.3 Å². The summed E-state index contributed by atoms with van der Waals surface area (Å²) in [6.45, 7) is 3.77. The molecule has 0 atom stereocenters. The zero-order valence-electron chi connectivity index (χ0n) is 10.1. The maximum Gasteiger partial charge on any atom is 0.251 e. The molecule has 0 spiro atoms. The van der Waals surface area contributed by atoms with Crippen molar-refractivity contribution in [1.82, 2.24) is 10.0 Å². The number of aryl methyl sites for hydroxylation is 1. The van der Waals surface area contributed by atoms with Crippen LogP contribution in [0.1, 0.15) is 22.8 Å². The Balaban J connectivity index is 3.26. The van der Waals surface area contributed by atoms with E-state index in [4.69, 9.17) is 0 Å². The summed E-state index contributed by atoms with van der Waals surface area (Å²) in [6.07, 6.45) is 0. The highest BCUT2D eigenvalue weighted by Crippen LogP contribution is 2.15. The molecule has 0 aliphatic heterocycles. The van der Waals surface area contributed by atoms with Gasteiger partial charge in [0.25, 0.3) is 5.91 Å². The molecule has 5 nitrogen and oxygen atoms in total. The Hall–Kier alpha value is -1.40. The van der Waals surface area contributed by atoms with Crippen molar-refractivity contribution in [2.24, 2.45) is 0 Å². The first kappa shape index (κ1) is 13.7. The van der Waals surface area contributed by atoms with Gasteiger partial charge in [0, 0.05) is 19.2 Å². The highest BCUT2D eigenvalue weighted by Gasteiger charge is 2.16. The van der Waals surface area contributed by atoms with Gasteiger partial charge in [-0.15, -0.1) is 0 Å². The maximum atomic E-state index is 11.8. The van der Waals surface area contributed by atoms with E-state index in [0.29, 0.717) is 12.1 Å². The Morgan fingerprint density at radius 3 is 2.53 bits per heavy atom. The van der Waals surface area contributed by atoms with Crippen LogP contribution in [0.2, 0.25) is 0 Å². The zero-order chi connectivity index (χ0) is 13.1. The normalized spacial score (nSPS) is 11.2. The van der Waals surface area contributed by atoms with Gasteiger partial charge in [-0.2, -0.15) is 0 Å². The molecule has 6 heteroatoms. The van der Waals surface area contributed by atoms with Gasteiger partial charge >= 0.3 is 0 Å². The van der Waals surface area contributed by atoms with Crippen LogP contribution in [0, 0.1) is 6.92 Å². The summed E-state index contributed by atoms with van der Waals surface area (Å²) in [6, 6.07) is 4.49. The fourth-order valence-electron chi connectivity index (χ4n) is 1.42. The van der Waals surface area contributed by atoms with E-state index >= 15 is 0 Å². The SMILES string of the molecule is CCNS(=O)(=O)c1ccc(C)c(C(=O)NC)c1. The first-order chi connectivity index (χ1) is 7.92. The van der Waals surface area contributed by atoms with Gasteiger partial charge in [-0.05, 0) is 24.6 Å². The number of carbonyl (C=O) groups excluding carboxylic acids is 1. The van der Waals surface area contributed by atoms with Crippen LogP contribution in [0.25, 0.3) is 0 Å². The Bertz CT molecular complexity index is 524. The Morgan fingerprint density at radius 1 is 1.35 bits per heavy atom. The molecule has 0 radical (unpaired) electrons. The van der Waals surface area contributed by atoms with Crippen molar-refractivity contribution in [2.75, 3.05) is 13.6 Å². The lowest BCUT2D eigenvalue weighted by Crippen LogP contribution is -2.24. The number of carbonyl (C=O) groups is 1. The lowest BCUT2D eigenvalue weighted by molar-refractivity contribution is 0.0962. The minimum Gasteiger partial charge on any atom is -0.355 e. The molecule has 94 valence electrons. The van der Waals surface area contributed by atoms with Crippen LogP contribution in [-0.2, 0) is 10.0 Å². The van der Waals surface area contributed by atoms with E-state index in [0.717, 1.165) is 5.56 Å². The number of hydrogen-bond donors (Lipinski definition) is 2. The van der Waals surface area contributed by atoms with E-state index in [1.807, 2.05) is 0 Å². The Kier molecular flexibility index (Phi) is 4.25. The maximum absolute atomic E-state index is 11.8. The number of nitrogens with one attached hydrogen (secondary N) is 2. The predicted octanol–water partition coefficient (Wildman–Crippen LogP) is 0.653. The molecule has 0 aliphatic rings. The second kappa shape index (κ2) is 5.29. The molecule has 1 aromatic rings. The molecule has 0 aromatic heterocycles. The third kappa shape index (κ3) is 3.04. The van der Waals surface area contributed by atoms with Crippen molar-refractivity contribution in [3.8, 4) is 0 Å². The van der Waals surface area contributed by atoms with Gasteiger partial charge < -0.3 is 5.32 Å². The van der Waals surface area contributed by atoms with Crippen LogP contribution < -0.4 is 10.0 Å². The van der Waals surface area contributed by atoms with Gasteiger partial charge in [-0.1, -0.05) is 13.0 Å². The van der Waals surface area contributed by atoms with Crippen molar-refractivity contribution in [1.29, 1.82) is 0 Å². The molecule has 1 amide bonds. The van der Waals surface area contributed by atoms with Crippen LogP contribution in [0.4, 0.5) is 0 Å². The van der Waals surface area contributed by atoms with Crippen molar-refractivity contribution in [2.45, 2.75) is 18.7 Å². The number of hydrogen-bond acceptors (Lipinski definition) is 3. The molecule has 1 aromatic carbocycles. The molecule has 0 saturated heterocycles. The van der Waals surface area contributed by atoms with E-state index in [1.165, 1.54) is 19.2 Å². The average Bonchev–Trinajstić information content (AvgIpc) is 2.28. The van der Waals surface area contributed by atoms with Crippen LogP contribution in [0.3, 0.4) is 0 Å². The number of benzene rings is 1. The van der Waals surface area contributed by atoms with Gasteiger partial charge in [0.2, 0.25) is 10.0 Å². The molecule has 0 fully saturated rings.